The Morgan fingerprint density at radius 2 is 2.40 bits per heavy atom. The molecule has 1 radical (unpaired) electrons. The molecule has 1 aromatic rings. The minimum absolute atomic E-state index is 0. The van der Waals surface area contributed by atoms with Crippen molar-refractivity contribution in [2.75, 3.05) is 6.61 Å². The van der Waals surface area contributed by atoms with Gasteiger partial charge in [0.1, 0.15) is 0 Å². The van der Waals surface area contributed by atoms with E-state index in [2.05, 4.69) is 5.38 Å². The van der Waals surface area contributed by atoms with Gasteiger partial charge in [-0.2, -0.15) is 0 Å². The third kappa shape index (κ3) is 5.41. The van der Waals surface area contributed by atoms with Gasteiger partial charge in [0.05, 0.1) is 6.61 Å². The van der Waals surface area contributed by atoms with E-state index in [9.17, 15) is 0 Å². The van der Waals surface area contributed by atoms with Gasteiger partial charge in [0, 0.05) is 36.3 Å². The molecule has 0 spiro atoms. The molecule has 1 aromatic heterocycles. The van der Waals surface area contributed by atoms with Crippen molar-refractivity contribution in [2.24, 2.45) is 0 Å². The summed E-state index contributed by atoms with van der Waals surface area (Å²) in [7, 11) is 0. The first kappa shape index (κ1) is 15.5. The van der Waals surface area contributed by atoms with Crippen molar-refractivity contribution in [3.63, 3.8) is 0 Å². The van der Waals surface area contributed by atoms with Crippen LogP contribution in [0.2, 0.25) is 0 Å². The molecule has 0 bridgehead atoms. The van der Waals surface area contributed by atoms with E-state index in [1.54, 1.807) is 11.3 Å². The summed E-state index contributed by atoms with van der Waals surface area (Å²) in [6.07, 6.45) is 3.46. The van der Waals surface area contributed by atoms with Crippen molar-refractivity contribution in [3.05, 3.63) is 22.4 Å². The Hall–Kier alpha value is 0.533. The van der Waals surface area contributed by atoms with E-state index in [-0.39, 0.29) is 38.2 Å². The van der Waals surface area contributed by atoms with Crippen LogP contribution in [0.15, 0.2) is 12.1 Å². The van der Waals surface area contributed by atoms with Gasteiger partial charge in [-0.3, -0.25) is 0 Å². The van der Waals surface area contributed by atoms with Crippen LogP contribution in [0.25, 0.3) is 0 Å². The van der Waals surface area contributed by atoms with E-state index in [1.807, 2.05) is 12.1 Å². The average Bonchev–Trinajstić information content (AvgIpc) is 2.69. The smallest absolute Gasteiger partial charge is 0.158 e. The first-order valence-electron chi connectivity index (χ1n) is 4.63. The van der Waals surface area contributed by atoms with Crippen molar-refractivity contribution in [1.29, 1.82) is 0 Å². The summed E-state index contributed by atoms with van der Waals surface area (Å²) in [5.74, 6) is 0. The zero-order chi connectivity index (χ0) is 8.93. The molecule has 1 unspecified atom stereocenters. The maximum atomic E-state index is 5.60. The fourth-order valence-corrected chi connectivity index (χ4v) is 1.92. The monoisotopic (exact) mass is 296 g/mol. The van der Waals surface area contributed by atoms with Crippen LogP contribution in [0, 0.1) is 5.38 Å². The van der Waals surface area contributed by atoms with Gasteiger partial charge in [-0.1, -0.05) is 0 Å². The molecule has 5 heteroatoms. The Kier molecular flexibility index (Phi) is 8.97. The van der Waals surface area contributed by atoms with Gasteiger partial charge in [0.15, 0.2) is 6.29 Å². The summed E-state index contributed by atoms with van der Waals surface area (Å²) in [5, 5.41) is 3.04. The standard InChI is InChI=1S/C10H13O2S.ClH.Zn/c1-2-6-11-10(5-1)12-8-9-4-3-7-13-9;;/h3-4,10H,1-2,5-6,8H2;1H;/p-1. The van der Waals surface area contributed by atoms with Crippen molar-refractivity contribution < 1.29 is 41.4 Å². The molecule has 1 atom stereocenters. The summed E-state index contributed by atoms with van der Waals surface area (Å²) in [4.78, 5) is 1.22. The molecule has 1 aliphatic rings. The SMILES string of the molecule is [Cl-].[Zn].[c]1ccc(COC2CCCCO2)s1. The third-order valence-corrected chi connectivity index (χ3v) is 2.85. The van der Waals surface area contributed by atoms with Gasteiger partial charge in [0.25, 0.3) is 0 Å². The third-order valence-electron chi connectivity index (χ3n) is 2.08. The fraction of sp³-hybridized carbons (Fsp3) is 0.600. The van der Waals surface area contributed by atoms with Crippen LogP contribution < -0.4 is 12.4 Å². The first-order valence-corrected chi connectivity index (χ1v) is 5.45. The largest absolute Gasteiger partial charge is 1.00 e. The Bertz CT molecular complexity index is 238. The molecule has 2 nitrogen and oxygen atoms in total. The second-order valence-corrected chi connectivity index (χ2v) is 4.09. The van der Waals surface area contributed by atoms with Gasteiger partial charge in [-0.05, 0) is 31.4 Å². The van der Waals surface area contributed by atoms with Crippen molar-refractivity contribution in [1.82, 2.24) is 0 Å². The maximum absolute atomic E-state index is 5.60. The number of hydrogen-bond acceptors (Lipinski definition) is 3. The molecule has 0 saturated carbocycles. The molecular weight excluding hydrogens is 285 g/mol. The van der Waals surface area contributed by atoms with Gasteiger partial charge in [-0.25, -0.2) is 0 Å². The zero-order valence-electron chi connectivity index (χ0n) is 8.58. The molecule has 1 fully saturated rings. The molecule has 81 valence electrons. The predicted molar refractivity (Wildman–Crippen MR) is 51.5 cm³/mol. The van der Waals surface area contributed by atoms with Gasteiger partial charge in [-0.15, -0.1) is 11.3 Å². The van der Waals surface area contributed by atoms with Crippen LogP contribution in [0.1, 0.15) is 24.1 Å². The van der Waals surface area contributed by atoms with E-state index >= 15 is 0 Å². The molecule has 1 saturated heterocycles. The molecule has 0 N–H and O–H groups in total. The van der Waals surface area contributed by atoms with Crippen molar-refractivity contribution in [2.45, 2.75) is 32.2 Å². The average molecular weight is 298 g/mol. The van der Waals surface area contributed by atoms with Gasteiger partial charge in [0.2, 0.25) is 0 Å². The van der Waals surface area contributed by atoms with Gasteiger partial charge < -0.3 is 21.9 Å². The Morgan fingerprint density at radius 1 is 1.53 bits per heavy atom. The van der Waals surface area contributed by atoms with Crippen LogP contribution in [0.4, 0.5) is 0 Å². The predicted octanol–water partition coefficient (Wildman–Crippen LogP) is -0.407. The molecule has 0 aliphatic carbocycles. The second-order valence-electron chi connectivity index (χ2n) is 3.13. The molecule has 1 aliphatic heterocycles. The summed E-state index contributed by atoms with van der Waals surface area (Å²) in [6.45, 7) is 1.51. The maximum Gasteiger partial charge on any atom is 0.158 e. The van der Waals surface area contributed by atoms with Crippen LogP contribution in [0.5, 0.6) is 0 Å². The van der Waals surface area contributed by atoms with E-state index in [0.29, 0.717) is 6.61 Å². The molecule has 15 heavy (non-hydrogen) atoms. The Balaban J connectivity index is 0.000000980. The summed E-state index contributed by atoms with van der Waals surface area (Å²) < 4.78 is 11.0. The molecule has 2 heterocycles. The number of halogens is 1. The summed E-state index contributed by atoms with van der Waals surface area (Å²) in [6, 6.07) is 3.96. The zero-order valence-corrected chi connectivity index (χ0v) is 13.1. The van der Waals surface area contributed by atoms with Gasteiger partial charge >= 0.3 is 0 Å². The van der Waals surface area contributed by atoms with E-state index in [1.165, 1.54) is 17.7 Å². The van der Waals surface area contributed by atoms with E-state index in [0.717, 1.165) is 13.0 Å². The van der Waals surface area contributed by atoms with Crippen LogP contribution in [-0.2, 0) is 35.6 Å². The number of thiophene rings is 1. The summed E-state index contributed by atoms with van der Waals surface area (Å²) >= 11 is 1.61. The second kappa shape index (κ2) is 8.66. The quantitative estimate of drug-likeness (QED) is 0.707. The van der Waals surface area contributed by atoms with Crippen LogP contribution in [0.3, 0.4) is 0 Å². The normalized spacial score (nSPS) is 20.1. The van der Waals surface area contributed by atoms with E-state index in [4.69, 9.17) is 9.47 Å². The van der Waals surface area contributed by atoms with Crippen LogP contribution in [-0.4, -0.2) is 12.9 Å². The molecule has 0 aromatic carbocycles. The minimum Gasteiger partial charge on any atom is -1.00 e. The fourth-order valence-electron chi connectivity index (χ4n) is 1.37. The number of hydrogen-bond donors (Lipinski definition) is 0. The first-order chi connectivity index (χ1) is 6.45. The molecule has 0 amide bonds. The Morgan fingerprint density at radius 3 is 3.00 bits per heavy atom. The Labute approximate surface area is 114 Å². The van der Waals surface area contributed by atoms with E-state index < -0.39 is 0 Å². The number of rotatable bonds is 3. The van der Waals surface area contributed by atoms with Crippen molar-refractivity contribution in [3.8, 4) is 0 Å². The van der Waals surface area contributed by atoms with Crippen LogP contribution >= 0.6 is 11.3 Å². The summed E-state index contributed by atoms with van der Waals surface area (Å²) in [5.41, 5.74) is 0. The minimum atomic E-state index is 0. The molecule has 2 rings (SSSR count). The van der Waals surface area contributed by atoms with Crippen molar-refractivity contribution >= 4 is 11.3 Å². The topological polar surface area (TPSA) is 18.5 Å². The number of ether oxygens (including phenoxy) is 2. The molecular formula is C10H13ClO2SZn-.